The number of rotatable bonds is 3. The number of hydrogen-bond acceptors (Lipinski definition) is 4. The van der Waals surface area contributed by atoms with E-state index in [-0.39, 0.29) is 18.4 Å². The monoisotopic (exact) mass is 319 g/mol. The maximum Gasteiger partial charge on any atom is 0.488 e. The molecule has 24 heavy (non-hydrogen) atoms. The zero-order valence-corrected chi connectivity index (χ0v) is 12.8. The Morgan fingerprint density at radius 2 is 1.50 bits per heavy atom. The summed E-state index contributed by atoms with van der Waals surface area (Å²) in [6.45, 7) is 0.243. The van der Waals surface area contributed by atoms with Gasteiger partial charge in [0.25, 0.3) is 11.8 Å². The summed E-state index contributed by atoms with van der Waals surface area (Å²) in [6, 6.07) is 13.3. The molecule has 0 aromatic heterocycles. The van der Waals surface area contributed by atoms with Crippen LogP contribution in [-0.2, 0) is 0 Å². The predicted molar refractivity (Wildman–Crippen MR) is 89.6 cm³/mol. The molecule has 1 heterocycles. The van der Waals surface area contributed by atoms with Crippen LogP contribution in [0.15, 0.2) is 48.5 Å². The first kappa shape index (κ1) is 16.0. The number of imide groups is 1. The van der Waals surface area contributed by atoms with E-state index in [4.69, 9.17) is 10.0 Å². The number of amides is 2. The molecule has 3 rings (SSSR count). The Balaban J connectivity index is 1.62. The predicted octanol–water partition coefficient (Wildman–Crippen LogP) is 0.404. The number of carbonyl (C=O) groups is 2. The highest BCUT2D eigenvalue weighted by atomic mass is 16.4. The summed E-state index contributed by atoms with van der Waals surface area (Å²) in [6.07, 6.45) is 0.371. The van der Waals surface area contributed by atoms with E-state index in [0.717, 1.165) is 5.56 Å². The minimum Gasteiger partial charge on any atom is -0.423 e. The molecule has 0 atom stereocenters. The van der Waals surface area contributed by atoms with Crippen LogP contribution < -0.4 is 5.46 Å². The van der Waals surface area contributed by atoms with Crippen molar-refractivity contribution in [3.05, 3.63) is 65.2 Å². The fraction of sp³-hybridized carbons (Fsp3) is 0.111. The molecule has 118 valence electrons. The number of carbonyl (C=O) groups excluding carboxylic acids is 2. The molecule has 2 aromatic rings. The lowest BCUT2D eigenvalue weighted by molar-refractivity contribution is 0.0658. The summed E-state index contributed by atoms with van der Waals surface area (Å²) in [5.41, 5.74) is 2.00. The van der Waals surface area contributed by atoms with Crippen molar-refractivity contribution in [1.29, 1.82) is 0 Å². The average Bonchev–Trinajstić information content (AvgIpc) is 2.84. The van der Waals surface area contributed by atoms with Crippen molar-refractivity contribution in [2.75, 3.05) is 6.54 Å². The lowest BCUT2D eigenvalue weighted by atomic mass is 9.80. The van der Waals surface area contributed by atoms with E-state index in [1.165, 1.54) is 4.90 Å². The fourth-order valence-electron chi connectivity index (χ4n) is 2.51. The van der Waals surface area contributed by atoms with E-state index in [1.807, 2.05) is 0 Å². The van der Waals surface area contributed by atoms with E-state index in [0.29, 0.717) is 23.0 Å². The quantitative estimate of drug-likeness (QED) is 0.488. The lowest BCUT2D eigenvalue weighted by Gasteiger charge is -2.11. The third kappa shape index (κ3) is 3.09. The van der Waals surface area contributed by atoms with Crippen LogP contribution in [0.2, 0.25) is 0 Å². The molecule has 2 N–H and O–H groups in total. The van der Waals surface area contributed by atoms with E-state index in [9.17, 15) is 9.59 Å². The Labute approximate surface area is 139 Å². The second-order valence-corrected chi connectivity index (χ2v) is 5.35. The van der Waals surface area contributed by atoms with Gasteiger partial charge in [-0.1, -0.05) is 36.1 Å². The van der Waals surface area contributed by atoms with Crippen molar-refractivity contribution in [3.8, 4) is 11.8 Å². The Hall–Kier alpha value is -2.88. The van der Waals surface area contributed by atoms with Crippen LogP contribution in [-0.4, -0.2) is 40.4 Å². The highest BCUT2D eigenvalue weighted by molar-refractivity contribution is 6.58. The molecule has 0 bridgehead atoms. The Morgan fingerprint density at radius 3 is 2.04 bits per heavy atom. The van der Waals surface area contributed by atoms with Gasteiger partial charge in [-0.2, -0.15) is 0 Å². The van der Waals surface area contributed by atoms with E-state index >= 15 is 0 Å². The number of hydrogen-bond donors (Lipinski definition) is 2. The minimum absolute atomic E-state index is 0.243. The van der Waals surface area contributed by atoms with Gasteiger partial charge in [0, 0.05) is 18.5 Å². The summed E-state index contributed by atoms with van der Waals surface area (Å²) < 4.78 is 0. The zero-order valence-electron chi connectivity index (χ0n) is 12.8. The first-order chi connectivity index (χ1) is 11.6. The zero-order chi connectivity index (χ0) is 17.1. The smallest absolute Gasteiger partial charge is 0.423 e. The molecule has 0 aliphatic carbocycles. The van der Waals surface area contributed by atoms with Gasteiger partial charge in [-0.15, -0.1) is 0 Å². The second kappa shape index (κ2) is 6.71. The second-order valence-electron chi connectivity index (χ2n) is 5.35. The summed E-state index contributed by atoms with van der Waals surface area (Å²) in [4.78, 5) is 25.6. The maximum absolute atomic E-state index is 12.2. The number of nitrogens with zero attached hydrogens (tertiary/aromatic N) is 1. The third-order valence-electron chi connectivity index (χ3n) is 3.78. The first-order valence-corrected chi connectivity index (χ1v) is 7.48. The Kier molecular flexibility index (Phi) is 4.47. The molecule has 5 nitrogen and oxygen atoms in total. The topological polar surface area (TPSA) is 77.8 Å². The van der Waals surface area contributed by atoms with Crippen LogP contribution in [0, 0.1) is 11.8 Å². The molecule has 6 heteroatoms. The van der Waals surface area contributed by atoms with Gasteiger partial charge in [0.2, 0.25) is 0 Å². The highest BCUT2D eigenvalue weighted by Crippen LogP contribution is 2.22. The molecule has 0 saturated carbocycles. The van der Waals surface area contributed by atoms with Crippen molar-refractivity contribution in [2.24, 2.45) is 0 Å². The van der Waals surface area contributed by atoms with Crippen LogP contribution in [0.3, 0.4) is 0 Å². The molecule has 0 saturated heterocycles. The molecule has 0 radical (unpaired) electrons. The molecular weight excluding hydrogens is 305 g/mol. The van der Waals surface area contributed by atoms with Gasteiger partial charge in [-0.3, -0.25) is 14.5 Å². The van der Waals surface area contributed by atoms with Crippen LogP contribution >= 0.6 is 0 Å². The minimum atomic E-state index is -1.50. The SMILES string of the molecule is O=C1c2ccccc2C(=O)N1CCC#Cc1ccc(B(O)O)cc1. The van der Waals surface area contributed by atoms with E-state index < -0.39 is 7.12 Å². The highest BCUT2D eigenvalue weighted by Gasteiger charge is 2.34. The van der Waals surface area contributed by atoms with Crippen LogP contribution in [0.1, 0.15) is 32.7 Å². The standard InChI is InChI=1S/C18H14BNO4/c21-17-15-6-1-2-7-16(15)18(22)20(17)12-4-3-5-13-8-10-14(11-9-13)19(23)24/h1-2,6-11,23-24H,4,12H2. The van der Waals surface area contributed by atoms with Crippen LogP contribution in [0.5, 0.6) is 0 Å². The summed E-state index contributed by atoms with van der Waals surface area (Å²) in [7, 11) is -1.50. The van der Waals surface area contributed by atoms with Gasteiger partial charge in [-0.05, 0) is 29.7 Å². The van der Waals surface area contributed by atoms with Gasteiger partial charge in [0.1, 0.15) is 0 Å². The van der Waals surface area contributed by atoms with Gasteiger partial charge >= 0.3 is 7.12 Å². The molecule has 0 spiro atoms. The van der Waals surface area contributed by atoms with Gasteiger partial charge in [0.05, 0.1) is 11.1 Å². The molecule has 0 fully saturated rings. The molecular formula is C18H14BNO4. The van der Waals surface area contributed by atoms with E-state index in [1.54, 1.807) is 48.5 Å². The summed E-state index contributed by atoms with van der Waals surface area (Å²) >= 11 is 0. The van der Waals surface area contributed by atoms with Gasteiger partial charge < -0.3 is 10.0 Å². The third-order valence-corrected chi connectivity index (χ3v) is 3.78. The van der Waals surface area contributed by atoms with Crippen molar-refractivity contribution >= 4 is 24.4 Å². The molecule has 2 amide bonds. The molecule has 2 aromatic carbocycles. The summed E-state index contributed by atoms with van der Waals surface area (Å²) in [5, 5.41) is 18.0. The Bertz CT molecular complexity index is 814. The maximum atomic E-state index is 12.2. The van der Waals surface area contributed by atoms with Crippen molar-refractivity contribution in [2.45, 2.75) is 6.42 Å². The number of fused-ring (bicyclic) bond motifs is 1. The molecule has 1 aliphatic heterocycles. The molecule has 1 aliphatic rings. The van der Waals surface area contributed by atoms with Crippen molar-refractivity contribution in [3.63, 3.8) is 0 Å². The van der Waals surface area contributed by atoms with Gasteiger partial charge in [-0.25, -0.2) is 0 Å². The van der Waals surface area contributed by atoms with Crippen LogP contribution in [0.25, 0.3) is 0 Å². The molecule has 0 unspecified atom stereocenters. The largest absolute Gasteiger partial charge is 0.488 e. The van der Waals surface area contributed by atoms with Crippen molar-refractivity contribution in [1.82, 2.24) is 4.90 Å². The van der Waals surface area contributed by atoms with Crippen LogP contribution in [0.4, 0.5) is 0 Å². The first-order valence-electron chi connectivity index (χ1n) is 7.48. The normalized spacial score (nSPS) is 12.7. The van der Waals surface area contributed by atoms with Crippen molar-refractivity contribution < 1.29 is 19.6 Å². The van der Waals surface area contributed by atoms with Gasteiger partial charge in [0.15, 0.2) is 0 Å². The lowest BCUT2D eigenvalue weighted by Crippen LogP contribution is -2.30. The van der Waals surface area contributed by atoms with E-state index in [2.05, 4.69) is 11.8 Å². The fourth-order valence-corrected chi connectivity index (χ4v) is 2.51. The number of benzene rings is 2. The summed E-state index contributed by atoms with van der Waals surface area (Å²) in [5.74, 6) is 5.29. The Morgan fingerprint density at radius 1 is 0.917 bits per heavy atom. The average molecular weight is 319 g/mol.